The molecular formula is C18H12F4N2O2. The highest BCUT2D eigenvalue weighted by molar-refractivity contribution is 6.07. The molecule has 134 valence electrons. The van der Waals surface area contributed by atoms with Crippen LogP contribution in [0.25, 0.3) is 10.8 Å². The molecule has 0 radical (unpaired) electrons. The molecular weight excluding hydrogens is 352 g/mol. The summed E-state index contributed by atoms with van der Waals surface area (Å²) in [6.45, 7) is 0. The predicted molar refractivity (Wildman–Crippen MR) is 87.8 cm³/mol. The van der Waals surface area contributed by atoms with Crippen LogP contribution in [0.15, 0.2) is 48.7 Å². The monoisotopic (exact) mass is 364 g/mol. The number of carbonyl (C=O) groups excluding carboxylic acids is 1. The van der Waals surface area contributed by atoms with E-state index < -0.39 is 23.5 Å². The molecule has 4 nitrogen and oxygen atoms in total. The second-order valence-corrected chi connectivity index (χ2v) is 5.35. The number of aromatic nitrogens is 1. The fourth-order valence-corrected chi connectivity index (χ4v) is 2.54. The molecule has 0 fully saturated rings. The topological polar surface area (TPSA) is 51.2 Å². The fourth-order valence-electron chi connectivity index (χ4n) is 2.54. The van der Waals surface area contributed by atoms with Crippen molar-refractivity contribution in [1.82, 2.24) is 4.98 Å². The molecule has 0 unspecified atom stereocenters. The number of carbonyl (C=O) groups is 1. The lowest BCUT2D eigenvalue weighted by atomic mass is 10.1. The number of hydrogen-bond donors (Lipinski definition) is 1. The van der Waals surface area contributed by atoms with Gasteiger partial charge in [0.05, 0.1) is 23.9 Å². The molecule has 0 saturated heterocycles. The van der Waals surface area contributed by atoms with Crippen LogP contribution in [0.4, 0.5) is 29.1 Å². The van der Waals surface area contributed by atoms with Crippen molar-refractivity contribution in [2.24, 2.45) is 0 Å². The Morgan fingerprint density at radius 1 is 1.08 bits per heavy atom. The molecule has 1 N–H and O–H groups in total. The van der Waals surface area contributed by atoms with E-state index in [0.29, 0.717) is 16.8 Å². The van der Waals surface area contributed by atoms with Gasteiger partial charge in [-0.25, -0.2) is 14.2 Å². The van der Waals surface area contributed by atoms with Gasteiger partial charge in [-0.2, -0.15) is 13.2 Å². The second-order valence-electron chi connectivity index (χ2n) is 5.35. The lowest BCUT2D eigenvalue weighted by molar-refractivity contribution is -0.139. The molecule has 0 aliphatic carbocycles. The van der Waals surface area contributed by atoms with Gasteiger partial charge in [-0.3, -0.25) is 0 Å². The van der Waals surface area contributed by atoms with E-state index in [0.717, 1.165) is 6.07 Å². The van der Waals surface area contributed by atoms with Crippen LogP contribution in [0, 0.1) is 5.82 Å². The van der Waals surface area contributed by atoms with E-state index in [4.69, 9.17) is 4.74 Å². The predicted octanol–water partition coefficient (Wildman–Crippen LogP) is 4.92. The van der Waals surface area contributed by atoms with Gasteiger partial charge in [0.1, 0.15) is 5.82 Å². The molecule has 3 rings (SSSR count). The van der Waals surface area contributed by atoms with Crippen LogP contribution in [-0.4, -0.2) is 18.1 Å². The van der Waals surface area contributed by atoms with Crippen LogP contribution in [0.3, 0.4) is 0 Å². The van der Waals surface area contributed by atoms with Crippen molar-refractivity contribution >= 4 is 28.2 Å². The standard InChI is InChI=1S/C18H12F4N2O2/c1-26-17(25)12-9-23-16(11-6-3-2-5-10(11)12)24-14-8-4-7-13(15(14)19)18(20,21)22/h2-9H,1H3,(H,23,24). The van der Waals surface area contributed by atoms with Gasteiger partial charge in [0.2, 0.25) is 0 Å². The van der Waals surface area contributed by atoms with Gasteiger partial charge in [0, 0.05) is 17.0 Å². The molecule has 0 aliphatic rings. The Hall–Kier alpha value is -3.16. The zero-order valence-electron chi connectivity index (χ0n) is 13.4. The minimum atomic E-state index is -4.81. The van der Waals surface area contributed by atoms with E-state index in [2.05, 4.69) is 10.3 Å². The Morgan fingerprint density at radius 2 is 1.77 bits per heavy atom. The van der Waals surface area contributed by atoms with Crippen molar-refractivity contribution in [1.29, 1.82) is 0 Å². The summed E-state index contributed by atoms with van der Waals surface area (Å²) >= 11 is 0. The number of benzene rings is 2. The number of halogens is 4. The highest BCUT2D eigenvalue weighted by Crippen LogP contribution is 2.35. The van der Waals surface area contributed by atoms with Crippen LogP contribution in [0.2, 0.25) is 0 Å². The first-order valence-corrected chi connectivity index (χ1v) is 7.41. The maximum atomic E-state index is 14.2. The summed E-state index contributed by atoms with van der Waals surface area (Å²) in [7, 11) is 1.22. The smallest absolute Gasteiger partial charge is 0.419 e. The molecule has 1 heterocycles. The fraction of sp³-hybridized carbons (Fsp3) is 0.111. The number of esters is 1. The largest absolute Gasteiger partial charge is 0.465 e. The summed E-state index contributed by atoms with van der Waals surface area (Å²) in [5.74, 6) is -1.92. The zero-order valence-corrected chi connectivity index (χ0v) is 13.4. The van der Waals surface area contributed by atoms with Gasteiger partial charge in [-0.1, -0.05) is 30.3 Å². The summed E-state index contributed by atoms with van der Waals surface area (Å²) in [4.78, 5) is 15.9. The summed E-state index contributed by atoms with van der Waals surface area (Å²) in [5.41, 5.74) is -1.56. The number of anilines is 2. The van der Waals surface area contributed by atoms with Crippen molar-refractivity contribution in [2.75, 3.05) is 12.4 Å². The first-order valence-electron chi connectivity index (χ1n) is 7.41. The number of hydrogen-bond acceptors (Lipinski definition) is 4. The van der Waals surface area contributed by atoms with Gasteiger partial charge in [0.15, 0.2) is 5.82 Å². The van der Waals surface area contributed by atoms with E-state index >= 15 is 0 Å². The summed E-state index contributed by atoms with van der Waals surface area (Å²) in [5, 5.41) is 3.49. The molecule has 0 amide bonds. The number of ether oxygens (including phenoxy) is 1. The third kappa shape index (κ3) is 3.17. The van der Waals surface area contributed by atoms with Crippen LogP contribution >= 0.6 is 0 Å². The number of nitrogens with zero attached hydrogens (tertiary/aromatic N) is 1. The third-order valence-electron chi connectivity index (χ3n) is 3.76. The maximum Gasteiger partial charge on any atom is 0.419 e. The van der Waals surface area contributed by atoms with E-state index in [9.17, 15) is 22.4 Å². The number of pyridine rings is 1. The van der Waals surface area contributed by atoms with Crippen LogP contribution in [0.5, 0.6) is 0 Å². The molecule has 26 heavy (non-hydrogen) atoms. The van der Waals surface area contributed by atoms with E-state index in [1.807, 2.05) is 0 Å². The summed E-state index contributed by atoms with van der Waals surface area (Å²) in [6, 6.07) is 9.53. The molecule has 0 aliphatic heterocycles. The highest BCUT2D eigenvalue weighted by atomic mass is 19.4. The van der Waals surface area contributed by atoms with Crippen molar-refractivity contribution in [3.63, 3.8) is 0 Å². The highest BCUT2D eigenvalue weighted by Gasteiger charge is 2.35. The number of methoxy groups -OCH3 is 1. The van der Waals surface area contributed by atoms with Crippen LogP contribution < -0.4 is 5.32 Å². The lowest BCUT2D eigenvalue weighted by Gasteiger charge is -2.14. The Morgan fingerprint density at radius 3 is 2.42 bits per heavy atom. The quantitative estimate of drug-likeness (QED) is 0.529. The molecule has 0 spiro atoms. The Bertz CT molecular complexity index is 987. The number of nitrogens with one attached hydrogen (secondary N) is 1. The lowest BCUT2D eigenvalue weighted by Crippen LogP contribution is -2.10. The van der Waals surface area contributed by atoms with Crippen molar-refractivity contribution < 1.29 is 27.1 Å². The zero-order chi connectivity index (χ0) is 18.9. The summed E-state index contributed by atoms with van der Waals surface area (Å²) in [6.07, 6.45) is -3.59. The first kappa shape index (κ1) is 17.7. The van der Waals surface area contributed by atoms with Gasteiger partial charge in [0.25, 0.3) is 0 Å². The van der Waals surface area contributed by atoms with Crippen molar-refractivity contribution in [3.8, 4) is 0 Å². The molecule has 2 aromatic carbocycles. The third-order valence-corrected chi connectivity index (χ3v) is 3.76. The average Bonchev–Trinajstić information content (AvgIpc) is 2.62. The van der Waals surface area contributed by atoms with Crippen molar-refractivity contribution in [2.45, 2.75) is 6.18 Å². The Labute approximate surface area is 145 Å². The second kappa shape index (κ2) is 6.62. The molecule has 3 aromatic rings. The van der Waals surface area contributed by atoms with Crippen molar-refractivity contribution in [3.05, 3.63) is 65.6 Å². The Balaban J connectivity index is 2.10. The summed E-state index contributed by atoms with van der Waals surface area (Å²) < 4.78 is 57.5. The molecule has 0 atom stereocenters. The molecule has 0 bridgehead atoms. The van der Waals surface area contributed by atoms with Crippen LogP contribution in [0.1, 0.15) is 15.9 Å². The molecule has 1 aromatic heterocycles. The minimum absolute atomic E-state index is 0.117. The number of alkyl halides is 3. The maximum absolute atomic E-state index is 14.2. The van der Waals surface area contributed by atoms with Gasteiger partial charge in [-0.15, -0.1) is 0 Å². The first-order chi connectivity index (χ1) is 12.3. The minimum Gasteiger partial charge on any atom is -0.465 e. The van der Waals surface area contributed by atoms with E-state index in [1.165, 1.54) is 19.4 Å². The van der Waals surface area contributed by atoms with Gasteiger partial charge >= 0.3 is 12.1 Å². The van der Waals surface area contributed by atoms with Gasteiger partial charge in [-0.05, 0) is 12.1 Å². The van der Waals surface area contributed by atoms with E-state index in [-0.39, 0.29) is 17.1 Å². The van der Waals surface area contributed by atoms with Gasteiger partial charge < -0.3 is 10.1 Å². The molecule has 0 saturated carbocycles. The molecule has 8 heteroatoms. The van der Waals surface area contributed by atoms with E-state index in [1.54, 1.807) is 24.3 Å². The number of rotatable bonds is 3. The number of fused-ring (bicyclic) bond motifs is 1. The normalized spacial score (nSPS) is 11.4. The Kier molecular flexibility index (Phi) is 4.50. The SMILES string of the molecule is COC(=O)c1cnc(Nc2cccc(C(F)(F)F)c2F)c2ccccc12. The average molecular weight is 364 g/mol. The van der Waals surface area contributed by atoms with Crippen LogP contribution in [-0.2, 0) is 10.9 Å².